The lowest BCUT2D eigenvalue weighted by Gasteiger charge is -2.31. The number of nitrogens with one attached hydrogen (secondary N) is 1. The number of hydrogen-bond acceptors (Lipinski definition) is 3. The lowest BCUT2D eigenvalue weighted by molar-refractivity contribution is -0.137. The van der Waals surface area contributed by atoms with E-state index < -0.39 is 29.3 Å². The minimum absolute atomic E-state index is 0.311. The fraction of sp³-hybridized carbons (Fsp3) is 0.300. The Labute approximate surface area is 160 Å². The molecule has 0 bridgehead atoms. The molecule has 0 unspecified atom stereocenters. The highest BCUT2D eigenvalue weighted by Crippen LogP contribution is 2.32. The van der Waals surface area contributed by atoms with Crippen LogP contribution in [0.5, 0.6) is 5.75 Å². The van der Waals surface area contributed by atoms with E-state index >= 15 is 0 Å². The summed E-state index contributed by atoms with van der Waals surface area (Å²) in [4.78, 5) is 26.0. The molecule has 0 radical (unpaired) electrons. The van der Waals surface area contributed by atoms with Crippen LogP contribution in [0.4, 0.5) is 18.0 Å². The SMILES string of the molecule is O=C(NC1CCN(C(=O)Oc2ccccc2)CC1)c1ccccc1C(F)(F)F. The molecule has 0 aliphatic carbocycles. The van der Waals surface area contributed by atoms with Crippen LogP contribution >= 0.6 is 0 Å². The van der Waals surface area contributed by atoms with Gasteiger partial charge in [0.25, 0.3) is 5.91 Å². The minimum atomic E-state index is -4.60. The van der Waals surface area contributed by atoms with Crippen LogP contribution in [0.15, 0.2) is 54.6 Å². The highest BCUT2D eigenvalue weighted by Gasteiger charge is 2.35. The monoisotopic (exact) mass is 392 g/mol. The standard InChI is InChI=1S/C20H19F3N2O3/c21-20(22,23)17-9-5-4-8-16(17)18(26)24-14-10-12-25(13-11-14)19(27)28-15-6-2-1-3-7-15/h1-9,14H,10-13H2,(H,24,26). The van der Waals surface area contributed by atoms with E-state index in [9.17, 15) is 22.8 Å². The molecule has 8 heteroatoms. The third-order valence-corrected chi connectivity index (χ3v) is 4.51. The molecule has 1 saturated heterocycles. The van der Waals surface area contributed by atoms with Crippen LogP contribution in [0, 0.1) is 0 Å². The number of alkyl halides is 3. The molecule has 2 amide bonds. The van der Waals surface area contributed by atoms with Gasteiger partial charge < -0.3 is 15.0 Å². The van der Waals surface area contributed by atoms with Gasteiger partial charge in [0.15, 0.2) is 0 Å². The summed E-state index contributed by atoms with van der Waals surface area (Å²) in [6, 6.07) is 13.0. The smallest absolute Gasteiger partial charge is 0.410 e. The van der Waals surface area contributed by atoms with Gasteiger partial charge in [-0.15, -0.1) is 0 Å². The van der Waals surface area contributed by atoms with Gasteiger partial charge >= 0.3 is 12.3 Å². The lowest BCUT2D eigenvalue weighted by atomic mass is 10.0. The number of para-hydroxylation sites is 1. The maximum absolute atomic E-state index is 13.1. The van der Waals surface area contributed by atoms with E-state index in [0.29, 0.717) is 31.7 Å². The number of ether oxygens (including phenoxy) is 1. The second-order valence-electron chi connectivity index (χ2n) is 6.46. The van der Waals surface area contributed by atoms with Gasteiger partial charge in [0, 0.05) is 19.1 Å². The average molecular weight is 392 g/mol. The molecule has 2 aromatic rings. The van der Waals surface area contributed by atoms with Crippen molar-refractivity contribution in [1.29, 1.82) is 0 Å². The van der Waals surface area contributed by atoms with Gasteiger partial charge in [0.2, 0.25) is 0 Å². The molecule has 3 rings (SSSR count). The van der Waals surface area contributed by atoms with Gasteiger partial charge in [-0.25, -0.2) is 4.79 Å². The molecule has 0 spiro atoms. The molecule has 1 aliphatic heterocycles. The fourth-order valence-electron chi connectivity index (χ4n) is 3.05. The second kappa shape index (κ2) is 8.33. The van der Waals surface area contributed by atoms with Crippen LogP contribution in [-0.4, -0.2) is 36.0 Å². The Morgan fingerprint density at radius 2 is 1.57 bits per heavy atom. The van der Waals surface area contributed by atoms with E-state index in [1.54, 1.807) is 24.3 Å². The molecule has 1 heterocycles. The Kier molecular flexibility index (Phi) is 5.87. The zero-order valence-electron chi connectivity index (χ0n) is 14.9. The molecule has 28 heavy (non-hydrogen) atoms. The quantitative estimate of drug-likeness (QED) is 0.856. The molecule has 1 N–H and O–H groups in total. The van der Waals surface area contributed by atoms with Crippen LogP contribution in [0.25, 0.3) is 0 Å². The zero-order valence-corrected chi connectivity index (χ0v) is 14.9. The van der Waals surface area contributed by atoms with E-state index in [1.807, 2.05) is 6.07 Å². The number of piperidine rings is 1. The number of amides is 2. The van der Waals surface area contributed by atoms with Gasteiger partial charge in [0.05, 0.1) is 11.1 Å². The van der Waals surface area contributed by atoms with E-state index in [2.05, 4.69) is 5.32 Å². The summed E-state index contributed by atoms with van der Waals surface area (Å²) in [6.07, 6.45) is -4.22. The third kappa shape index (κ3) is 4.82. The predicted molar refractivity (Wildman–Crippen MR) is 96.0 cm³/mol. The Bertz CT molecular complexity index is 832. The van der Waals surface area contributed by atoms with Crippen molar-refractivity contribution < 1.29 is 27.5 Å². The van der Waals surface area contributed by atoms with Crippen LogP contribution < -0.4 is 10.1 Å². The number of halogens is 3. The molecule has 148 valence electrons. The Morgan fingerprint density at radius 3 is 2.21 bits per heavy atom. The molecule has 0 atom stereocenters. The molecule has 1 aliphatic rings. The third-order valence-electron chi connectivity index (χ3n) is 4.51. The minimum Gasteiger partial charge on any atom is -0.410 e. The van der Waals surface area contributed by atoms with Gasteiger partial charge in [-0.1, -0.05) is 30.3 Å². The molecule has 1 fully saturated rings. The van der Waals surface area contributed by atoms with Crippen molar-refractivity contribution in [2.75, 3.05) is 13.1 Å². The highest BCUT2D eigenvalue weighted by atomic mass is 19.4. The van der Waals surface area contributed by atoms with Gasteiger partial charge in [-0.05, 0) is 37.1 Å². The fourth-order valence-corrected chi connectivity index (χ4v) is 3.05. The van der Waals surface area contributed by atoms with Crippen LogP contribution in [0.3, 0.4) is 0 Å². The lowest BCUT2D eigenvalue weighted by Crippen LogP contribution is -2.47. The van der Waals surface area contributed by atoms with Crippen LogP contribution in [0.2, 0.25) is 0 Å². The average Bonchev–Trinajstić information content (AvgIpc) is 2.68. The van der Waals surface area contributed by atoms with Crippen molar-refractivity contribution in [2.24, 2.45) is 0 Å². The summed E-state index contributed by atoms with van der Waals surface area (Å²) in [7, 11) is 0. The van der Waals surface area contributed by atoms with Crippen molar-refractivity contribution in [3.05, 3.63) is 65.7 Å². The van der Waals surface area contributed by atoms with E-state index in [1.165, 1.54) is 17.0 Å². The van der Waals surface area contributed by atoms with Gasteiger partial charge in [-0.2, -0.15) is 13.2 Å². The topological polar surface area (TPSA) is 58.6 Å². The maximum atomic E-state index is 13.1. The number of carbonyl (C=O) groups is 2. The molecule has 0 aromatic heterocycles. The van der Waals surface area contributed by atoms with E-state index in [-0.39, 0.29) is 6.04 Å². The zero-order chi connectivity index (χ0) is 20.1. The second-order valence-corrected chi connectivity index (χ2v) is 6.46. The summed E-state index contributed by atoms with van der Waals surface area (Å²) in [5.41, 5.74) is -1.36. The van der Waals surface area contributed by atoms with Gasteiger partial charge in [-0.3, -0.25) is 4.79 Å². The van der Waals surface area contributed by atoms with Crippen molar-refractivity contribution in [3.8, 4) is 5.75 Å². The summed E-state index contributed by atoms with van der Waals surface area (Å²) < 4.78 is 44.5. The largest absolute Gasteiger partial charge is 0.417 e. The first-order chi connectivity index (χ1) is 13.3. The van der Waals surface area contributed by atoms with Crippen molar-refractivity contribution >= 4 is 12.0 Å². The summed E-state index contributed by atoms with van der Waals surface area (Å²) in [6.45, 7) is 0.690. The normalized spacial score (nSPS) is 15.2. The first-order valence-corrected chi connectivity index (χ1v) is 8.83. The predicted octanol–water partition coefficient (Wildman–Crippen LogP) is 4.10. The summed E-state index contributed by atoms with van der Waals surface area (Å²) in [5, 5.41) is 2.64. The molecule has 2 aromatic carbocycles. The van der Waals surface area contributed by atoms with Crippen molar-refractivity contribution in [1.82, 2.24) is 10.2 Å². The number of likely N-dealkylation sites (tertiary alicyclic amines) is 1. The van der Waals surface area contributed by atoms with Crippen molar-refractivity contribution in [3.63, 3.8) is 0 Å². The molecular weight excluding hydrogens is 373 g/mol. The summed E-state index contributed by atoms with van der Waals surface area (Å²) in [5.74, 6) is -0.329. The maximum Gasteiger partial charge on any atom is 0.417 e. The first kappa shape index (κ1) is 19.7. The molecular formula is C20H19F3N2O3. The molecule has 5 nitrogen and oxygen atoms in total. The Balaban J connectivity index is 1.55. The number of carbonyl (C=O) groups excluding carboxylic acids is 2. The number of benzene rings is 2. The molecule has 0 saturated carbocycles. The number of rotatable bonds is 3. The van der Waals surface area contributed by atoms with Crippen molar-refractivity contribution in [2.45, 2.75) is 25.1 Å². The van der Waals surface area contributed by atoms with Gasteiger partial charge in [0.1, 0.15) is 5.75 Å². The van der Waals surface area contributed by atoms with E-state index in [0.717, 1.165) is 12.1 Å². The Hall–Kier alpha value is -3.03. The number of hydrogen-bond donors (Lipinski definition) is 1. The van der Waals surface area contributed by atoms with E-state index in [4.69, 9.17) is 4.74 Å². The van der Waals surface area contributed by atoms with Crippen LogP contribution in [0.1, 0.15) is 28.8 Å². The number of nitrogens with zero attached hydrogens (tertiary/aromatic N) is 1. The van der Waals surface area contributed by atoms with Crippen LogP contribution in [-0.2, 0) is 6.18 Å². The highest BCUT2D eigenvalue weighted by molar-refractivity contribution is 5.96. The first-order valence-electron chi connectivity index (χ1n) is 8.83. The summed E-state index contributed by atoms with van der Waals surface area (Å²) >= 11 is 0. The Morgan fingerprint density at radius 1 is 0.964 bits per heavy atom.